The highest BCUT2D eigenvalue weighted by atomic mass is 19.1. The zero-order chi connectivity index (χ0) is 20.8. The van der Waals surface area contributed by atoms with Crippen LogP contribution in [-0.2, 0) is 0 Å². The van der Waals surface area contributed by atoms with E-state index >= 15 is 0 Å². The van der Waals surface area contributed by atoms with Crippen LogP contribution in [0.1, 0.15) is 20.7 Å². The van der Waals surface area contributed by atoms with E-state index in [9.17, 15) is 14.0 Å². The standard InChI is InChI=1S/C22H19FN2O4/c1-28-18-10-5-15(6-11-18)22(27)25-19-13-17(9-12-20(19)29-2)24-21(26)14-3-7-16(23)8-4-14/h3-13H,1-2H3,(H,24,26)(H,25,27). The Kier molecular flexibility index (Phi) is 6.09. The lowest BCUT2D eigenvalue weighted by Gasteiger charge is -2.13. The van der Waals surface area contributed by atoms with E-state index in [1.54, 1.807) is 49.6 Å². The van der Waals surface area contributed by atoms with Gasteiger partial charge in [-0.25, -0.2) is 4.39 Å². The predicted molar refractivity (Wildman–Crippen MR) is 108 cm³/mol. The highest BCUT2D eigenvalue weighted by molar-refractivity contribution is 6.07. The molecular weight excluding hydrogens is 375 g/mol. The first kappa shape index (κ1) is 19.9. The topological polar surface area (TPSA) is 76.7 Å². The molecule has 148 valence electrons. The number of hydrogen-bond acceptors (Lipinski definition) is 4. The summed E-state index contributed by atoms with van der Waals surface area (Å²) in [6.45, 7) is 0. The fraction of sp³-hybridized carbons (Fsp3) is 0.0909. The summed E-state index contributed by atoms with van der Waals surface area (Å²) < 4.78 is 23.4. The summed E-state index contributed by atoms with van der Waals surface area (Å²) in [4.78, 5) is 24.9. The number of hydrogen-bond donors (Lipinski definition) is 2. The molecule has 3 rings (SSSR count). The smallest absolute Gasteiger partial charge is 0.255 e. The molecule has 0 saturated carbocycles. The van der Waals surface area contributed by atoms with Gasteiger partial charge in [0.05, 0.1) is 19.9 Å². The molecule has 6 nitrogen and oxygen atoms in total. The lowest BCUT2D eigenvalue weighted by Crippen LogP contribution is -2.14. The Balaban J connectivity index is 1.78. The van der Waals surface area contributed by atoms with Crippen molar-refractivity contribution < 1.29 is 23.5 Å². The number of anilines is 2. The van der Waals surface area contributed by atoms with Crippen molar-refractivity contribution in [3.05, 3.63) is 83.7 Å². The normalized spacial score (nSPS) is 10.2. The van der Waals surface area contributed by atoms with Crippen LogP contribution in [0.3, 0.4) is 0 Å². The minimum atomic E-state index is -0.422. The van der Waals surface area contributed by atoms with E-state index in [1.807, 2.05) is 0 Å². The first-order valence-electron chi connectivity index (χ1n) is 8.70. The van der Waals surface area contributed by atoms with E-state index < -0.39 is 11.7 Å². The molecule has 0 heterocycles. The van der Waals surface area contributed by atoms with Crippen molar-refractivity contribution in [3.8, 4) is 11.5 Å². The largest absolute Gasteiger partial charge is 0.497 e. The quantitative estimate of drug-likeness (QED) is 0.652. The summed E-state index contributed by atoms with van der Waals surface area (Å²) in [6.07, 6.45) is 0. The molecule has 7 heteroatoms. The van der Waals surface area contributed by atoms with E-state index in [1.165, 1.54) is 31.4 Å². The van der Waals surface area contributed by atoms with Crippen LogP contribution < -0.4 is 20.1 Å². The summed E-state index contributed by atoms with van der Waals surface area (Å²) in [6, 6.07) is 16.7. The molecule has 3 aromatic carbocycles. The third-order valence-electron chi connectivity index (χ3n) is 4.16. The molecule has 2 amide bonds. The SMILES string of the molecule is COc1ccc(C(=O)Nc2cc(NC(=O)c3ccc(F)cc3)ccc2OC)cc1. The number of carbonyl (C=O) groups excluding carboxylic acids is 2. The van der Waals surface area contributed by atoms with Gasteiger partial charge in [0, 0.05) is 16.8 Å². The Morgan fingerprint density at radius 1 is 0.759 bits per heavy atom. The van der Waals surface area contributed by atoms with E-state index in [0.29, 0.717) is 34.0 Å². The summed E-state index contributed by atoms with van der Waals surface area (Å²) in [5.41, 5.74) is 1.59. The second-order valence-electron chi connectivity index (χ2n) is 6.06. The van der Waals surface area contributed by atoms with Crippen molar-refractivity contribution >= 4 is 23.2 Å². The molecule has 0 saturated heterocycles. The van der Waals surface area contributed by atoms with Crippen LogP contribution in [0.4, 0.5) is 15.8 Å². The van der Waals surface area contributed by atoms with Crippen LogP contribution in [-0.4, -0.2) is 26.0 Å². The Bertz CT molecular complexity index is 1020. The molecule has 0 radical (unpaired) electrons. The monoisotopic (exact) mass is 394 g/mol. The highest BCUT2D eigenvalue weighted by Gasteiger charge is 2.13. The Labute approximate surface area is 167 Å². The first-order valence-corrected chi connectivity index (χ1v) is 8.70. The lowest BCUT2D eigenvalue weighted by atomic mass is 10.1. The average Bonchev–Trinajstić information content (AvgIpc) is 2.74. The van der Waals surface area contributed by atoms with E-state index in [2.05, 4.69) is 10.6 Å². The van der Waals surface area contributed by atoms with E-state index in [4.69, 9.17) is 9.47 Å². The molecule has 0 aliphatic rings. The number of carbonyl (C=O) groups is 2. The summed E-state index contributed by atoms with van der Waals surface area (Å²) in [7, 11) is 3.03. The maximum absolute atomic E-state index is 13.0. The van der Waals surface area contributed by atoms with Crippen LogP contribution in [0.5, 0.6) is 11.5 Å². The highest BCUT2D eigenvalue weighted by Crippen LogP contribution is 2.29. The van der Waals surface area contributed by atoms with Crippen LogP contribution in [0.15, 0.2) is 66.7 Å². The van der Waals surface area contributed by atoms with Gasteiger partial charge >= 0.3 is 0 Å². The molecule has 0 fully saturated rings. The van der Waals surface area contributed by atoms with Gasteiger partial charge in [0.2, 0.25) is 0 Å². The minimum Gasteiger partial charge on any atom is -0.497 e. The summed E-state index contributed by atoms with van der Waals surface area (Å²) in [5, 5.41) is 5.48. The van der Waals surface area contributed by atoms with Gasteiger partial charge in [-0.3, -0.25) is 9.59 Å². The molecule has 3 aromatic rings. The lowest BCUT2D eigenvalue weighted by molar-refractivity contribution is 0.101. The van der Waals surface area contributed by atoms with Gasteiger partial charge in [-0.2, -0.15) is 0 Å². The predicted octanol–water partition coefficient (Wildman–Crippen LogP) is 4.35. The van der Waals surface area contributed by atoms with Gasteiger partial charge < -0.3 is 20.1 Å². The van der Waals surface area contributed by atoms with Gasteiger partial charge in [0.15, 0.2) is 0 Å². The number of rotatable bonds is 6. The maximum atomic E-state index is 13.0. The molecule has 0 aliphatic heterocycles. The number of nitrogens with one attached hydrogen (secondary N) is 2. The average molecular weight is 394 g/mol. The Morgan fingerprint density at radius 3 is 1.93 bits per heavy atom. The van der Waals surface area contributed by atoms with Crippen molar-refractivity contribution in [3.63, 3.8) is 0 Å². The van der Waals surface area contributed by atoms with Crippen LogP contribution in [0, 0.1) is 5.82 Å². The summed E-state index contributed by atoms with van der Waals surface area (Å²) >= 11 is 0. The third kappa shape index (κ3) is 4.90. The van der Waals surface area contributed by atoms with Gasteiger partial charge in [0.25, 0.3) is 11.8 Å². The Morgan fingerprint density at radius 2 is 1.34 bits per heavy atom. The number of halogens is 1. The van der Waals surface area contributed by atoms with Crippen molar-refractivity contribution in [1.29, 1.82) is 0 Å². The van der Waals surface area contributed by atoms with Crippen LogP contribution in [0.25, 0.3) is 0 Å². The molecule has 29 heavy (non-hydrogen) atoms. The Hall–Kier alpha value is -3.87. The third-order valence-corrected chi connectivity index (χ3v) is 4.16. The fourth-order valence-corrected chi connectivity index (χ4v) is 2.62. The second-order valence-corrected chi connectivity index (χ2v) is 6.06. The van der Waals surface area contributed by atoms with Crippen molar-refractivity contribution in [2.75, 3.05) is 24.9 Å². The van der Waals surface area contributed by atoms with Crippen molar-refractivity contribution in [2.24, 2.45) is 0 Å². The molecule has 0 bridgehead atoms. The van der Waals surface area contributed by atoms with Gasteiger partial charge in [0.1, 0.15) is 17.3 Å². The van der Waals surface area contributed by atoms with Crippen molar-refractivity contribution in [2.45, 2.75) is 0 Å². The molecule has 0 unspecified atom stereocenters. The zero-order valence-electron chi connectivity index (χ0n) is 15.9. The molecule has 2 N–H and O–H groups in total. The van der Waals surface area contributed by atoms with Crippen LogP contribution >= 0.6 is 0 Å². The van der Waals surface area contributed by atoms with E-state index in [0.717, 1.165) is 0 Å². The van der Waals surface area contributed by atoms with Gasteiger partial charge in [-0.15, -0.1) is 0 Å². The summed E-state index contributed by atoms with van der Waals surface area (Å²) in [5.74, 6) is -0.0821. The number of ether oxygens (including phenoxy) is 2. The van der Waals surface area contributed by atoms with Crippen LogP contribution in [0.2, 0.25) is 0 Å². The number of amides is 2. The fourth-order valence-electron chi connectivity index (χ4n) is 2.62. The molecule has 0 aromatic heterocycles. The van der Waals surface area contributed by atoms with Crippen molar-refractivity contribution in [1.82, 2.24) is 0 Å². The number of methoxy groups -OCH3 is 2. The molecule has 0 aliphatic carbocycles. The van der Waals surface area contributed by atoms with Gasteiger partial charge in [-0.05, 0) is 66.7 Å². The first-order chi connectivity index (χ1) is 14.0. The molecular formula is C22H19FN2O4. The second kappa shape index (κ2) is 8.88. The minimum absolute atomic E-state index is 0.311. The molecule has 0 atom stereocenters. The van der Waals surface area contributed by atoms with E-state index in [-0.39, 0.29) is 5.91 Å². The molecule has 0 spiro atoms. The zero-order valence-corrected chi connectivity index (χ0v) is 15.9. The maximum Gasteiger partial charge on any atom is 0.255 e. The number of benzene rings is 3. The van der Waals surface area contributed by atoms with Gasteiger partial charge in [-0.1, -0.05) is 0 Å².